The molecule has 0 bridgehead atoms. The zero-order valence-electron chi connectivity index (χ0n) is 7.93. The van der Waals surface area contributed by atoms with Crippen molar-refractivity contribution in [1.29, 1.82) is 0 Å². The Kier molecular flexibility index (Phi) is 2.58. The molecule has 5 heteroatoms. The second kappa shape index (κ2) is 3.12. The third-order valence-electron chi connectivity index (χ3n) is 1.66. The maximum atomic E-state index is 12.4. The summed E-state index contributed by atoms with van der Waals surface area (Å²) < 4.78 is 39.4. The summed E-state index contributed by atoms with van der Waals surface area (Å²) in [6, 6.07) is 0. The van der Waals surface area contributed by atoms with E-state index in [1.807, 2.05) is 0 Å². The average molecular weight is 209 g/mol. The molecule has 0 N–H and O–H groups in total. The van der Waals surface area contributed by atoms with Crippen LogP contribution in [-0.4, -0.2) is 20.6 Å². The molecule has 1 saturated carbocycles. The first kappa shape index (κ1) is 10.8. The summed E-state index contributed by atoms with van der Waals surface area (Å²) in [6.45, 7) is 5.30. The minimum Gasteiger partial charge on any atom is -0.234 e. The van der Waals surface area contributed by atoms with Crippen LogP contribution in [0.5, 0.6) is 0 Å². The van der Waals surface area contributed by atoms with Gasteiger partial charge in [0, 0.05) is 5.71 Å². The van der Waals surface area contributed by atoms with E-state index in [4.69, 9.17) is 0 Å². The zero-order chi connectivity index (χ0) is 10.3. The SMILES string of the molecule is CC(C)(C)[S@](=O)N=C1CC(F)(F)C1. The molecule has 0 radical (unpaired) electrons. The van der Waals surface area contributed by atoms with Gasteiger partial charge in [0.1, 0.15) is 11.0 Å². The second-order valence-electron chi connectivity index (χ2n) is 4.23. The lowest BCUT2D eigenvalue weighted by molar-refractivity contribution is -0.00894. The fraction of sp³-hybridized carbons (Fsp3) is 0.875. The maximum absolute atomic E-state index is 12.4. The first-order valence-corrected chi connectivity index (χ1v) is 5.18. The predicted octanol–water partition coefficient (Wildman–Crippen LogP) is 2.32. The Morgan fingerprint density at radius 1 is 1.38 bits per heavy atom. The lowest BCUT2D eigenvalue weighted by atomic mass is 9.92. The number of nitrogens with zero attached hydrogens (tertiary/aromatic N) is 1. The van der Waals surface area contributed by atoms with Crippen molar-refractivity contribution in [2.45, 2.75) is 44.3 Å². The van der Waals surface area contributed by atoms with Crippen LogP contribution in [0.25, 0.3) is 0 Å². The molecule has 0 saturated heterocycles. The molecule has 1 rings (SSSR count). The molecule has 0 aromatic heterocycles. The summed E-state index contributed by atoms with van der Waals surface area (Å²) in [7, 11) is -1.39. The summed E-state index contributed by atoms with van der Waals surface area (Å²) in [6.07, 6.45) is -0.649. The second-order valence-corrected chi connectivity index (χ2v) is 6.13. The summed E-state index contributed by atoms with van der Waals surface area (Å²) in [4.78, 5) is 0. The van der Waals surface area contributed by atoms with Gasteiger partial charge in [-0.05, 0) is 20.8 Å². The van der Waals surface area contributed by atoms with Crippen molar-refractivity contribution in [1.82, 2.24) is 0 Å². The van der Waals surface area contributed by atoms with Crippen molar-refractivity contribution in [3.05, 3.63) is 0 Å². The smallest absolute Gasteiger partial charge is 0.234 e. The number of hydrogen-bond acceptors (Lipinski definition) is 1. The van der Waals surface area contributed by atoms with Gasteiger partial charge in [-0.1, -0.05) is 0 Å². The topological polar surface area (TPSA) is 29.4 Å². The normalized spacial score (nSPS) is 23.6. The molecule has 0 aromatic carbocycles. The van der Waals surface area contributed by atoms with Gasteiger partial charge in [0.2, 0.25) is 0 Å². The summed E-state index contributed by atoms with van der Waals surface area (Å²) in [5.74, 6) is -2.61. The van der Waals surface area contributed by atoms with Crippen molar-refractivity contribution in [2.24, 2.45) is 4.40 Å². The van der Waals surface area contributed by atoms with Crippen LogP contribution >= 0.6 is 0 Å². The van der Waals surface area contributed by atoms with Crippen LogP contribution in [0.15, 0.2) is 4.40 Å². The van der Waals surface area contributed by atoms with E-state index >= 15 is 0 Å². The largest absolute Gasteiger partial charge is 0.258 e. The zero-order valence-corrected chi connectivity index (χ0v) is 8.75. The monoisotopic (exact) mass is 209 g/mol. The Labute approximate surface area is 79.0 Å². The van der Waals surface area contributed by atoms with Gasteiger partial charge in [0.05, 0.1) is 17.6 Å². The molecule has 0 aromatic rings. The molecule has 13 heavy (non-hydrogen) atoms. The Balaban J connectivity index is 2.56. The highest BCUT2D eigenvalue weighted by atomic mass is 32.2. The highest BCUT2D eigenvalue weighted by molar-refractivity contribution is 7.85. The Morgan fingerprint density at radius 3 is 2.15 bits per heavy atom. The molecule has 0 heterocycles. The van der Waals surface area contributed by atoms with Gasteiger partial charge in [0.25, 0.3) is 5.92 Å². The van der Waals surface area contributed by atoms with Gasteiger partial charge < -0.3 is 0 Å². The molecule has 0 aliphatic heterocycles. The van der Waals surface area contributed by atoms with Gasteiger partial charge in [-0.25, -0.2) is 13.0 Å². The van der Waals surface area contributed by atoms with Crippen LogP contribution in [0.2, 0.25) is 0 Å². The van der Waals surface area contributed by atoms with Gasteiger partial charge in [-0.2, -0.15) is 4.40 Å². The van der Waals surface area contributed by atoms with Crippen molar-refractivity contribution in [3.63, 3.8) is 0 Å². The molecule has 0 amide bonds. The average Bonchev–Trinajstić information content (AvgIpc) is 1.80. The van der Waals surface area contributed by atoms with Crippen LogP contribution in [0.3, 0.4) is 0 Å². The molecule has 76 valence electrons. The van der Waals surface area contributed by atoms with Crippen LogP contribution in [0.1, 0.15) is 33.6 Å². The Bertz CT molecular complexity index is 258. The standard InChI is InChI=1S/C8H13F2NOS/c1-7(2,3)13(12)11-6-4-8(9,10)5-6/h4-5H2,1-3H3/t13-/m0/s1. The Hall–Kier alpha value is -0.320. The number of rotatable bonds is 1. The van der Waals surface area contributed by atoms with E-state index < -0.39 is 21.7 Å². The van der Waals surface area contributed by atoms with E-state index in [0.29, 0.717) is 5.71 Å². The van der Waals surface area contributed by atoms with E-state index in [1.54, 1.807) is 20.8 Å². The summed E-state index contributed by atoms with van der Waals surface area (Å²) in [5, 5.41) is 0. The molecular weight excluding hydrogens is 196 g/mol. The number of halogens is 2. The molecule has 2 nitrogen and oxygen atoms in total. The fourth-order valence-electron chi connectivity index (χ4n) is 0.864. The quantitative estimate of drug-likeness (QED) is 0.651. The van der Waals surface area contributed by atoms with Gasteiger partial charge in [-0.15, -0.1) is 0 Å². The molecule has 1 aliphatic rings. The highest BCUT2D eigenvalue weighted by Gasteiger charge is 2.43. The Morgan fingerprint density at radius 2 is 1.85 bits per heavy atom. The third kappa shape index (κ3) is 2.83. The van der Waals surface area contributed by atoms with Crippen molar-refractivity contribution >= 4 is 16.7 Å². The first-order chi connectivity index (χ1) is 5.71. The minimum atomic E-state index is -2.61. The van der Waals surface area contributed by atoms with Crippen molar-refractivity contribution in [2.75, 3.05) is 0 Å². The van der Waals surface area contributed by atoms with E-state index in [0.717, 1.165) is 0 Å². The predicted molar refractivity (Wildman–Crippen MR) is 49.5 cm³/mol. The molecular formula is C8H13F2NOS. The van der Waals surface area contributed by atoms with Crippen LogP contribution in [0, 0.1) is 0 Å². The number of hydrogen-bond donors (Lipinski definition) is 0. The third-order valence-corrected chi connectivity index (χ3v) is 3.13. The molecule has 1 aliphatic carbocycles. The van der Waals surface area contributed by atoms with Crippen LogP contribution in [-0.2, 0) is 11.0 Å². The van der Waals surface area contributed by atoms with E-state index in [-0.39, 0.29) is 12.8 Å². The fourth-order valence-corrected chi connectivity index (χ4v) is 1.50. The summed E-state index contributed by atoms with van der Waals surface area (Å²) in [5.41, 5.74) is 0.373. The van der Waals surface area contributed by atoms with Crippen LogP contribution in [0.4, 0.5) is 8.78 Å². The lowest BCUT2D eigenvalue weighted by Gasteiger charge is -2.27. The first-order valence-electron chi connectivity index (χ1n) is 4.07. The molecule has 0 unspecified atom stereocenters. The molecule has 0 spiro atoms. The van der Waals surface area contributed by atoms with E-state index in [1.165, 1.54) is 0 Å². The van der Waals surface area contributed by atoms with E-state index in [9.17, 15) is 13.0 Å². The highest BCUT2D eigenvalue weighted by Crippen LogP contribution is 2.35. The molecule has 1 fully saturated rings. The van der Waals surface area contributed by atoms with Gasteiger partial charge >= 0.3 is 0 Å². The van der Waals surface area contributed by atoms with Crippen molar-refractivity contribution < 1.29 is 13.0 Å². The van der Waals surface area contributed by atoms with E-state index in [2.05, 4.69) is 4.40 Å². The minimum absolute atomic E-state index is 0.325. The lowest BCUT2D eigenvalue weighted by Crippen LogP contribution is -2.36. The van der Waals surface area contributed by atoms with Gasteiger partial charge in [0.15, 0.2) is 0 Å². The van der Waals surface area contributed by atoms with Crippen LogP contribution < -0.4 is 0 Å². The van der Waals surface area contributed by atoms with Gasteiger partial charge in [-0.3, -0.25) is 0 Å². The van der Waals surface area contributed by atoms with Crippen molar-refractivity contribution in [3.8, 4) is 0 Å². The summed E-state index contributed by atoms with van der Waals surface area (Å²) >= 11 is 0. The number of alkyl halides is 2. The molecule has 1 atom stereocenters. The maximum Gasteiger partial charge on any atom is 0.258 e.